The lowest BCUT2D eigenvalue weighted by atomic mass is 10.0. The number of ether oxygens (including phenoxy) is 2. The number of thioether (sulfide) groups is 1. The Morgan fingerprint density at radius 2 is 1.71 bits per heavy atom. The van der Waals surface area contributed by atoms with Crippen LogP contribution in [-0.4, -0.2) is 109 Å². The largest absolute Gasteiger partial charge is 0.379 e. The van der Waals surface area contributed by atoms with E-state index in [-0.39, 0.29) is 11.9 Å². The number of rotatable bonds is 5. The molecular weight excluding hydrogens is 462 g/mol. The van der Waals surface area contributed by atoms with Crippen LogP contribution in [0.3, 0.4) is 0 Å². The van der Waals surface area contributed by atoms with Crippen LogP contribution in [0.15, 0.2) is 29.2 Å². The highest BCUT2D eigenvalue weighted by Crippen LogP contribution is 2.44. The fourth-order valence-electron chi connectivity index (χ4n) is 5.72. The Hall–Kier alpha value is -1.91. The van der Waals surface area contributed by atoms with Crippen molar-refractivity contribution in [2.75, 3.05) is 78.8 Å². The van der Waals surface area contributed by atoms with E-state index in [1.54, 1.807) is 0 Å². The van der Waals surface area contributed by atoms with Gasteiger partial charge < -0.3 is 14.4 Å². The smallest absolute Gasteiger partial charge is 0.274 e. The van der Waals surface area contributed by atoms with Crippen molar-refractivity contribution in [2.45, 2.75) is 29.5 Å². The van der Waals surface area contributed by atoms with Crippen LogP contribution in [-0.2, 0) is 15.2 Å². The van der Waals surface area contributed by atoms with Gasteiger partial charge >= 0.3 is 0 Å². The molecule has 3 fully saturated rings. The second-order valence-electron chi connectivity index (χ2n) is 9.86. The molecule has 6 rings (SSSR count). The number of nitrogens with zero attached hydrogens (tertiary/aromatic N) is 5. The minimum Gasteiger partial charge on any atom is -0.379 e. The average molecular weight is 498 g/mol. The summed E-state index contributed by atoms with van der Waals surface area (Å²) in [5.41, 5.74) is 4.14. The van der Waals surface area contributed by atoms with Crippen LogP contribution < -0.4 is 0 Å². The molecule has 5 heterocycles. The first-order valence-corrected chi connectivity index (χ1v) is 14.0. The Labute approximate surface area is 211 Å². The highest BCUT2D eigenvalue weighted by atomic mass is 32.2. The lowest BCUT2D eigenvalue weighted by molar-refractivity contribution is 0.0294. The van der Waals surface area contributed by atoms with E-state index in [1.165, 1.54) is 10.5 Å². The van der Waals surface area contributed by atoms with Gasteiger partial charge in [-0.3, -0.25) is 19.3 Å². The third-order valence-electron chi connectivity index (χ3n) is 7.69. The molecule has 188 valence electrons. The SMILES string of the molecule is O=C(c1nn(C2CCCN(CCN3CCOCC3)C2)c2c1CSc1ccccc1-2)N1CCOCC1. The molecule has 0 aliphatic carbocycles. The summed E-state index contributed by atoms with van der Waals surface area (Å²) in [5, 5.41) is 5.09. The molecule has 4 aliphatic heterocycles. The summed E-state index contributed by atoms with van der Waals surface area (Å²) < 4.78 is 13.2. The molecule has 2 aromatic rings. The van der Waals surface area contributed by atoms with E-state index in [2.05, 4.69) is 38.7 Å². The predicted molar refractivity (Wildman–Crippen MR) is 136 cm³/mol. The van der Waals surface area contributed by atoms with Gasteiger partial charge in [-0.1, -0.05) is 18.2 Å². The zero-order chi connectivity index (χ0) is 23.6. The summed E-state index contributed by atoms with van der Waals surface area (Å²) in [6.07, 6.45) is 2.26. The number of aromatic nitrogens is 2. The third kappa shape index (κ3) is 4.89. The van der Waals surface area contributed by atoms with E-state index in [9.17, 15) is 4.79 Å². The van der Waals surface area contributed by atoms with Crippen molar-refractivity contribution in [1.82, 2.24) is 24.5 Å². The number of fused-ring (bicyclic) bond motifs is 3. The molecule has 1 aromatic heterocycles. The third-order valence-corrected chi connectivity index (χ3v) is 8.79. The highest BCUT2D eigenvalue weighted by Gasteiger charge is 2.34. The second kappa shape index (κ2) is 10.6. The fourth-order valence-corrected chi connectivity index (χ4v) is 6.79. The van der Waals surface area contributed by atoms with E-state index >= 15 is 0 Å². The molecule has 1 unspecified atom stereocenters. The summed E-state index contributed by atoms with van der Waals surface area (Å²) in [7, 11) is 0. The minimum absolute atomic E-state index is 0.0586. The minimum atomic E-state index is 0.0586. The van der Waals surface area contributed by atoms with Gasteiger partial charge in [0.2, 0.25) is 0 Å². The summed E-state index contributed by atoms with van der Waals surface area (Å²) >= 11 is 1.82. The summed E-state index contributed by atoms with van der Waals surface area (Å²) in [6.45, 7) is 10.5. The maximum atomic E-state index is 13.6. The molecule has 8 nitrogen and oxygen atoms in total. The molecule has 0 saturated carbocycles. The molecule has 0 bridgehead atoms. The number of piperidine rings is 1. The van der Waals surface area contributed by atoms with Gasteiger partial charge in [0.25, 0.3) is 5.91 Å². The van der Waals surface area contributed by atoms with Crippen molar-refractivity contribution < 1.29 is 14.3 Å². The number of hydrogen-bond donors (Lipinski definition) is 0. The molecule has 1 amide bonds. The molecule has 0 N–H and O–H groups in total. The van der Waals surface area contributed by atoms with Crippen molar-refractivity contribution in [1.29, 1.82) is 0 Å². The molecular formula is C26H35N5O3S. The Bertz CT molecular complexity index is 1050. The number of morpholine rings is 2. The Morgan fingerprint density at radius 1 is 0.971 bits per heavy atom. The van der Waals surface area contributed by atoms with E-state index in [0.717, 1.165) is 82.3 Å². The van der Waals surface area contributed by atoms with E-state index < -0.39 is 0 Å². The quantitative estimate of drug-likeness (QED) is 0.629. The van der Waals surface area contributed by atoms with Gasteiger partial charge in [-0.05, 0) is 25.5 Å². The predicted octanol–water partition coefficient (Wildman–Crippen LogP) is 2.60. The average Bonchev–Trinajstić information content (AvgIpc) is 3.33. The first-order valence-electron chi connectivity index (χ1n) is 13.0. The zero-order valence-corrected chi connectivity index (χ0v) is 21.2. The molecule has 3 saturated heterocycles. The van der Waals surface area contributed by atoms with E-state index in [1.807, 2.05) is 16.7 Å². The zero-order valence-electron chi connectivity index (χ0n) is 20.4. The molecule has 1 aromatic carbocycles. The van der Waals surface area contributed by atoms with Crippen molar-refractivity contribution >= 4 is 17.7 Å². The number of hydrogen-bond acceptors (Lipinski definition) is 7. The Kier molecular flexibility index (Phi) is 7.11. The van der Waals surface area contributed by atoms with Gasteiger partial charge in [0.05, 0.1) is 38.2 Å². The van der Waals surface area contributed by atoms with Crippen molar-refractivity contribution in [3.63, 3.8) is 0 Å². The molecule has 9 heteroatoms. The molecule has 4 aliphatic rings. The van der Waals surface area contributed by atoms with Crippen LogP contribution in [0.25, 0.3) is 11.3 Å². The highest BCUT2D eigenvalue weighted by molar-refractivity contribution is 7.98. The number of benzene rings is 1. The molecule has 1 atom stereocenters. The fraction of sp³-hybridized carbons (Fsp3) is 0.615. The van der Waals surface area contributed by atoms with Gasteiger partial charge in [-0.25, -0.2) is 0 Å². The number of likely N-dealkylation sites (tertiary alicyclic amines) is 1. The van der Waals surface area contributed by atoms with Crippen LogP contribution in [0, 0.1) is 0 Å². The Balaban J connectivity index is 1.28. The Morgan fingerprint density at radius 3 is 2.54 bits per heavy atom. The first-order chi connectivity index (χ1) is 17.3. The van der Waals surface area contributed by atoms with Crippen molar-refractivity contribution in [2.24, 2.45) is 0 Å². The standard InChI is InChI=1S/C26H35N5O3S/c32-26(30-12-16-34-17-13-30)24-22-19-35-23-6-2-1-5-21(23)25(22)31(27-24)20-4-3-7-29(18-20)9-8-28-10-14-33-15-11-28/h1-2,5-6,20H,3-4,7-19H2. The van der Waals surface area contributed by atoms with Crippen LogP contribution in [0.5, 0.6) is 0 Å². The molecule has 35 heavy (non-hydrogen) atoms. The molecule has 0 radical (unpaired) electrons. The van der Waals surface area contributed by atoms with Gasteiger partial charge in [0, 0.05) is 67.6 Å². The summed E-state index contributed by atoms with van der Waals surface area (Å²) in [5.74, 6) is 0.855. The lowest BCUT2D eigenvalue weighted by Crippen LogP contribution is -2.44. The monoisotopic (exact) mass is 497 g/mol. The first kappa shape index (κ1) is 23.5. The van der Waals surface area contributed by atoms with Gasteiger partial charge in [0.1, 0.15) is 0 Å². The van der Waals surface area contributed by atoms with Crippen molar-refractivity contribution in [3.05, 3.63) is 35.5 Å². The van der Waals surface area contributed by atoms with Crippen LogP contribution >= 0.6 is 11.8 Å². The lowest BCUT2D eigenvalue weighted by Gasteiger charge is -2.36. The van der Waals surface area contributed by atoms with Crippen LogP contribution in [0.2, 0.25) is 0 Å². The number of amides is 1. The van der Waals surface area contributed by atoms with Crippen LogP contribution in [0.1, 0.15) is 34.9 Å². The van der Waals surface area contributed by atoms with Crippen molar-refractivity contribution in [3.8, 4) is 11.3 Å². The van der Waals surface area contributed by atoms with Crippen LogP contribution in [0.4, 0.5) is 0 Å². The summed E-state index contributed by atoms with van der Waals surface area (Å²) in [4.78, 5) is 21.9. The van der Waals surface area contributed by atoms with Gasteiger partial charge in [0.15, 0.2) is 5.69 Å². The normalized spacial score (nSPS) is 23.7. The topological polar surface area (TPSA) is 63.1 Å². The van der Waals surface area contributed by atoms with E-state index in [0.29, 0.717) is 32.0 Å². The maximum Gasteiger partial charge on any atom is 0.274 e. The maximum absolute atomic E-state index is 13.6. The van der Waals surface area contributed by atoms with Gasteiger partial charge in [-0.15, -0.1) is 11.8 Å². The number of carbonyl (C=O) groups excluding carboxylic acids is 1. The van der Waals surface area contributed by atoms with Gasteiger partial charge in [-0.2, -0.15) is 5.10 Å². The number of carbonyl (C=O) groups is 1. The summed E-state index contributed by atoms with van der Waals surface area (Å²) in [6, 6.07) is 8.88. The second-order valence-corrected chi connectivity index (χ2v) is 10.9. The molecule has 0 spiro atoms. The van der Waals surface area contributed by atoms with E-state index in [4.69, 9.17) is 14.6 Å².